The van der Waals surface area contributed by atoms with Crippen LogP contribution in [-0.2, 0) is 13.0 Å². The zero-order valence-corrected chi connectivity index (χ0v) is 10.8. The van der Waals surface area contributed by atoms with E-state index in [1.165, 1.54) is 0 Å². The average Bonchev–Trinajstić information content (AvgIpc) is 3.02. The van der Waals surface area contributed by atoms with E-state index in [1.807, 2.05) is 6.92 Å². The van der Waals surface area contributed by atoms with Crippen molar-refractivity contribution in [2.45, 2.75) is 39.3 Å². The maximum atomic E-state index is 12.0. The molecule has 0 aliphatic carbocycles. The Morgan fingerprint density at radius 1 is 1.47 bits per heavy atom. The van der Waals surface area contributed by atoms with Crippen molar-refractivity contribution in [3.05, 3.63) is 23.3 Å². The van der Waals surface area contributed by atoms with Crippen molar-refractivity contribution in [3.63, 3.8) is 0 Å². The molecule has 0 bridgehead atoms. The first kappa shape index (κ1) is 11.8. The van der Waals surface area contributed by atoms with Gasteiger partial charge in [-0.3, -0.25) is 9.89 Å². The van der Waals surface area contributed by atoms with Crippen LogP contribution in [0.4, 0.5) is 0 Å². The molecule has 8 nitrogen and oxygen atoms in total. The summed E-state index contributed by atoms with van der Waals surface area (Å²) in [4.78, 5) is 15.9. The van der Waals surface area contributed by atoms with E-state index in [-0.39, 0.29) is 17.8 Å². The maximum Gasteiger partial charge on any atom is 0.291 e. The van der Waals surface area contributed by atoms with Gasteiger partial charge in [0.05, 0.1) is 6.04 Å². The van der Waals surface area contributed by atoms with Crippen LogP contribution in [0.5, 0.6) is 0 Å². The summed E-state index contributed by atoms with van der Waals surface area (Å²) in [7, 11) is 0. The Hall–Kier alpha value is -2.25. The molecule has 2 N–H and O–H groups in total. The average molecular weight is 261 g/mol. The number of aromatic nitrogens is 6. The first-order chi connectivity index (χ1) is 9.15. The Kier molecular flexibility index (Phi) is 2.77. The van der Waals surface area contributed by atoms with Crippen molar-refractivity contribution < 1.29 is 4.79 Å². The molecule has 1 aliphatic heterocycles. The molecule has 0 saturated carbocycles. The zero-order valence-electron chi connectivity index (χ0n) is 10.8. The summed E-state index contributed by atoms with van der Waals surface area (Å²) in [6.07, 6.45) is 2.03. The molecule has 0 spiro atoms. The predicted octanol–water partition coefficient (Wildman–Crippen LogP) is 0.142. The van der Waals surface area contributed by atoms with Crippen LogP contribution in [0.25, 0.3) is 0 Å². The van der Waals surface area contributed by atoms with Crippen molar-refractivity contribution in [2.75, 3.05) is 0 Å². The van der Waals surface area contributed by atoms with Crippen LogP contribution in [0.1, 0.15) is 47.5 Å². The highest BCUT2D eigenvalue weighted by Gasteiger charge is 2.23. The van der Waals surface area contributed by atoms with E-state index < -0.39 is 0 Å². The number of carbonyl (C=O) groups excluding carboxylic acids is 1. The molecule has 1 amide bonds. The van der Waals surface area contributed by atoms with Gasteiger partial charge < -0.3 is 9.88 Å². The molecule has 0 radical (unpaired) electrons. The van der Waals surface area contributed by atoms with E-state index >= 15 is 0 Å². The minimum Gasteiger partial charge on any atom is -0.340 e. The Labute approximate surface area is 109 Å². The lowest BCUT2D eigenvalue weighted by molar-refractivity contribution is 0.0927. The molecule has 100 valence electrons. The number of aromatic amines is 1. The van der Waals surface area contributed by atoms with Crippen molar-refractivity contribution >= 4 is 5.91 Å². The van der Waals surface area contributed by atoms with Gasteiger partial charge in [0.25, 0.3) is 5.91 Å². The van der Waals surface area contributed by atoms with E-state index in [0.717, 1.165) is 31.0 Å². The highest BCUT2D eigenvalue weighted by Crippen LogP contribution is 2.18. The maximum absolute atomic E-state index is 12.0. The molecule has 1 aliphatic rings. The Morgan fingerprint density at radius 3 is 3.05 bits per heavy atom. The molecular weight excluding hydrogens is 246 g/mol. The van der Waals surface area contributed by atoms with E-state index in [9.17, 15) is 4.79 Å². The zero-order chi connectivity index (χ0) is 13.4. The van der Waals surface area contributed by atoms with Crippen molar-refractivity contribution in [2.24, 2.45) is 0 Å². The summed E-state index contributed by atoms with van der Waals surface area (Å²) in [5.74, 6) is 2.22. The number of nitrogens with zero attached hydrogens (tertiary/aromatic N) is 5. The molecular formula is C11H15N7O. The minimum atomic E-state index is -0.313. The molecule has 0 saturated heterocycles. The molecule has 3 heterocycles. The quantitative estimate of drug-likeness (QED) is 0.818. The number of hydrogen-bond donors (Lipinski definition) is 2. The summed E-state index contributed by atoms with van der Waals surface area (Å²) in [5, 5.41) is 17.6. The summed E-state index contributed by atoms with van der Waals surface area (Å²) in [5.41, 5.74) is 0. The van der Waals surface area contributed by atoms with Gasteiger partial charge in [-0.25, -0.2) is 4.98 Å². The summed E-state index contributed by atoms with van der Waals surface area (Å²) >= 11 is 0. The van der Waals surface area contributed by atoms with E-state index in [2.05, 4.69) is 35.3 Å². The Bertz CT molecular complexity index is 614. The SMILES string of the molecule is Cc1nc(C(=O)NC(C)c2nnc3n2CCC3)n[nH]1. The molecule has 0 aromatic carbocycles. The number of carbonyl (C=O) groups is 1. The number of H-pyrrole nitrogens is 1. The van der Waals surface area contributed by atoms with Crippen molar-refractivity contribution in [3.8, 4) is 0 Å². The number of nitrogens with one attached hydrogen (secondary N) is 2. The first-order valence-corrected chi connectivity index (χ1v) is 6.27. The third kappa shape index (κ3) is 2.09. The Morgan fingerprint density at radius 2 is 2.32 bits per heavy atom. The van der Waals surface area contributed by atoms with Crippen LogP contribution < -0.4 is 5.32 Å². The molecule has 1 unspecified atom stereocenters. The highest BCUT2D eigenvalue weighted by atomic mass is 16.2. The smallest absolute Gasteiger partial charge is 0.291 e. The van der Waals surface area contributed by atoms with Gasteiger partial charge in [0.1, 0.15) is 11.6 Å². The molecule has 3 rings (SSSR count). The van der Waals surface area contributed by atoms with Crippen LogP contribution in [0, 0.1) is 6.92 Å². The van der Waals surface area contributed by atoms with Gasteiger partial charge in [0.2, 0.25) is 5.82 Å². The van der Waals surface area contributed by atoms with E-state index in [0.29, 0.717) is 5.82 Å². The lowest BCUT2D eigenvalue weighted by Crippen LogP contribution is -2.29. The molecule has 2 aromatic heterocycles. The fraction of sp³-hybridized carbons (Fsp3) is 0.545. The summed E-state index contributed by atoms with van der Waals surface area (Å²) in [6.45, 7) is 4.54. The van der Waals surface area contributed by atoms with Gasteiger partial charge in [0.15, 0.2) is 5.82 Å². The van der Waals surface area contributed by atoms with Crippen LogP contribution in [0.2, 0.25) is 0 Å². The number of amides is 1. The second-order valence-electron chi connectivity index (χ2n) is 4.67. The summed E-state index contributed by atoms with van der Waals surface area (Å²) < 4.78 is 2.06. The fourth-order valence-electron chi connectivity index (χ4n) is 2.26. The number of hydrogen-bond acceptors (Lipinski definition) is 5. The molecule has 8 heteroatoms. The molecule has 0 fully saturated rings. The lowest BCUT2D eigenvalue weighted by Gasteiger charge is -2.12. The Balaban J connectivity index is 1.74. The normalized spacial score (nSPS) is 15.3. The lowest BCUT2D eigenvalue weighted by atomic mass is 10.3. The van der Waals surface area contributed by atoms with Crippen LogP contribution >= 0.6 is 0 Å². The van der Waals surface area contributed by atoms with Gasteiger partial charge in [-0.1, -0.05) is 0 Å². The van der Waals surface area contributed by atoms with E-state index in [1.54, 1.807) is 6.92 Å². The molecule has 2 aromatic rings. The van der Waals surface area contributed by atoms with Gasteiger partial charge in [-0.2, -0.15) is 0 Å². The number of fused-ring (bicyclic) bond motifs is 1. The topological polar surface area (TPSA) is 101 Å². The van der Waals surface area contributed by atoms with Gasteiger partial charge in [-0.05, 0) is 20.3 Å². The second-order valence-corrected chi connectivity index (χ2v) is 4.67. The second kappa shape index (κ2) is 4.45. The fourth-order valence-corrected chi connectivity index (χ4v) is 2.26. The predicted molar refractivity (Wildman–Crippen MR) is 65.3 cm³/mol. The number of aryl methyl sites for hydroxylation is 2. The van der Waals surface area contributed by atoms with Crippen molar-refractivity contribution in [1.29, 1.82) is 0 Å². The van der Waals surface area contributed by atoms with Crippen LogP contribution in [0.3, 0.4) is 0 Å². The summed E-state index contributed by atoms with van der Waals surface area (Å²) in [6, 6.07) is -0.217. The third-order valence-corrected chi connectivity index (χ3v) is 3.17. The first-order valence-electron chi connectivity index (χ1n) is 6.27. The third-order valence-electron chi connectivity index (χ3n) is 3.17. The molecule has 1 atom stereocenters. The van der Waals surface area contributed by atoms with E-state index in [4.69, 9.17) is 0 Å². The van der Waals surface area contributed by atoms with Gasteiger partial charge >= 0.3 is 0 Å². The monoisotopic (exact) mass is 261 g/mol. The molecule has 19 heavy (non-hydrogen) atoms. The van der Waals surface area contributed by atoms with Crippen LogP contribution in [0.15, 0.2) is 0 Å². The largest absolute Gasteiger partial charge is 0.340 e. The van der Waals surface area contributed by atoms with Gasteiger partial charge in [-0.15, -0.1) is 15.3 Å². The number of rotatable bonds is 3. The highest BCUT2D eigenvalue weighted by molar-refractivity contribution is 5.90. The standard InChI is InChI=1S/C11H15N7O/c1-6(10-17-15-8-4-3-5-18(8)10)12-11(19)9-13-7(2)14-16-9/h6H,3-5H2,1-2H3,(H,12,19)(H,13,14,16). The van der Waals surface area contributed by atoms with Crippen molar-refractivity contribution in [1.82, 2.24) is 35.3 Å². The minimum absolute atomic E-state index is 0.144. The van der Waals surface area contributed by atoms with Gasteiger partial charge in [0, 0.05) is 13.0 Å². The van der Waals surface area contributed by atoms with Crippen LogP contribution in [-0.4, -0.2) is 35.9 Å².